The van der Waals surface area contributed by atoms with Gasteiger partial charge in [0.15, 0.2) is 0 Å². The van der Waals surface area contributed by atoms with Gasteiger partial charge in [-0.3, -0.25) is 20.1 Å². The Kier molecular flexibility index (Phi) is 9.47. The van der Waals surface area contributed by atoms with Crippen molar-refractivity contribution < 1.29 is 14.3 Å². The Labute approximate surface area is 261 Å². The third-order valence-corrected chi connectivity index (χ3v) is 7.74. The molecule has 0 spiro atoms. The van der Waals surface area contributed by atoms with E-state index >= 15 is 0 Å². The summed E-state index contributed by atoms with van der Waals surface area (Å²) in [4.78, 5) is 29.6. The average molecular weight is 611 g/mol. The monoisotopic (exact) mass is 610 g/mol. The number of halogens is 1. The van der Waals surface area contributed by atoms with Gasteiger partial charge >= 0.3 is 6.09 Å². The second-order valence-corrected chi connectivity index (χ2v) is 11.2. The van der Waals surface area contributed by atoms with Crippen LogP contribution < -0.4 is 27.2 Å². The number of methoxy groups -OCH3 is 1. The summed E-state index contributed by atoms with van der Waals surface area (Å²) in [6, 6.07) is 23.3. The summed E-state index contributed by atoms with van der Waals surface area (Å²) in [7, 11) is 1.30. The molecular formula is C34H35ClN6O3. The highest BCUT2D eigenvalue weighted by Crippen LogP contribution is 2.38. The normalized spacial score (nSPS) is 15.2. The lowest BCUT2D eigenvalue weighted by molar-refractivity contribution is -0.116. The van der Waals surface area contributed by atoms with Crippen LogP contribution in [0, 0.1) is 0 Å². The number of ether oxygens (including phenoxy) is 1. The molecular weight excluding hydrogens is 576 g/mol. The molecule has 1 aliphatic rings. The first-order valence-corrected chi connectivity index (χ1v) is 14.7. The maximum atomic E-state index is 12.9. The van der Waals surface area contributed by atoms with E-state index in [1.807, 2.05) is 48.7 Å². The molecule has 6 N–H and O–H groups in total. The number of nitrogens with two attached hydrogens (primary N) is 2. The zero-order valence-electron chi connectivity index (χ0n) is 24.6. The lowest BCUT2D eigenvalue weighted by Gasteiger charge is -2.21. The van der Waals surface area contributed by atoms with Gasteiger partial charge in [0.2, 0.25) is 5.91 Å². The summed E-state index contributed by atoms with van der Waals surface area (Å²) < 4.78 is 4.72. The third-order valence-electron chi connectivity index (χ3n) is 7.51. The number of hydrogen-bond donors (Lipinski definition) is 4. The smallest absolute Gasteiger partial charge is 0.411 e. The summed E-state index contributed by atoms with van der Waals surface area (Å²) in [5.74, 6) is 6.23. The highest BCUT2D eigenvalue weighted by Gasteiger charge is 2.20. The van der Waals surface area contributed by atoms with Gasteiger partial charge in [0.25, 0.3) is 0 Å². The fraction of sp³-hybridized carbons (Fsp3) is 0.206. The number of rotatable bonds is 5. The molecule has 2 bridgehead atoms. The molecule has 0 fully saturated rings. The van der Waals surface area contributed by atoms with Gasteiger partial charge in [0.05, 0.1) is 18.5 Å². The summed E-state index contributed by atoms with van der Waals surface area (Å²) in [5.41, 5.74) is 13.9. The molecule has 3 aromatic carbocycles. The van der Waals surface area contributed by atoms with Crippen LogP contribution in [-0.4, -0.2) is 24.1 Å². The zero-order chi connectivity index (χ0) is 31.2. The number of hydrogen-bond acceptors (Lipinski definition) is 7. The fourth-order valence-corrected chi connectivity index (χ4v) is 5.60. The maximum absolute atomic E-state index is 12.9. The topological polar surface area (TPSA) is 136 Å². The molecule has 2 amide bonds. The van der Waals surface area contributed by atoms with Gasteiger partial charge in [0, 0.05) is 63.5 Å². The Morgan fingerprint density at radius 1 is 1.07 bits per heavy atom. The number of pyridine rings is 1. The SMILES string of the molecule is COC(=O)Nc1ccc2c(c1)NC(=O)CCCCC(c1ccc(-c3cc(Cl)ccc3N(N)/C=C(/C)N)cn1)c1cccc-2c1. The molecule has 9 nitrogen and oxygen atoms in total. The summed E-state index contributed by atoms with van der Waals surface area (Å²) in [5, 5.41) is 7.77. The van der Waals surface area contributed by atoms with E-state index in [0.717, 1.165) is 58.5 Å². The Morgan fingerprint density at radius 2 is 1.91 bits per heavy atom. The molecule has 0 saturated carbocycles. The molecule has 10 heteroatoms. The first kappa shape index (κ1) is 30.6. The van der Waals surface area contributed by atoms with Crippen LogP contribution in [-0.2, 0) is 9.53 Å². The number of fused-ring (bicyclic) bond motifs is 4. The van der Waals surface area contributed by atoms with Gasteiger partial charge in [-0.05, 0) is 67.3 Å². The molecule has 1 unspecified atom stereocenters. The van der Waals surface area contributed by atoms with Crippen LogP contribution in [0.2, 0.25) is 5.02 Å². The summed E-state index contributed by atoms with van der Waals surface area (Å²) in [6.07, 6.45) is 5.69. The van der Waals surface area contributed by atoms with Crippen molar-refractivity contribution in [1.82, 2.24) is 4.98 Å². The Hall–Kier alpha value is -4.86. The van der Waals surface area contributed by atoms with E-state index in [1.54, 1.807) is 31.3 Å². The van der Waals surface area contributed by atoms with Gasteiger partial charge in [-0.2, -0.15) is 0 Å². The van der Waals surface area contributed by atoms with Crippen molar-refractivity contribution in [1.29, 1.82) is 0 Å². The van der Waals surface area contributed by atoms with Crippen LogP contribution in [0.4, 0.5) is 21.9 Å². The first-order chi connectivity index (χ1) is 21.2. The molecule has 1 aromatic heterocycles. The second-order valence-electron chi connectivity index (χ2n) is 10.8. The number of carbonyl (C=O) groups excluding carboxylic acids is 2. The predicted octanol–water partition coefficient (Wildman–Crippen LogP) is 7.39. The highest BCUT2D eigenvalue weighted by molar-refractivity contribution is 6.31. The minimum Gasteiger partial charge on any atom is -0.453 e. The van der Waals surface area contributed by atoms with Gasteiger partial charge in [-0.25, -0.2) is 10.6 Å². The van der Waals surface area contributed by atoms with Gasteiger partial charge in [-0.1, -0.05) is 54.4 Å². The number of hydrazine groups is 1. The molecule has 1 aliphatic heterocycles. The van der Waals surface area contributed by atoms with Crippen molar-refractivity contribution in [3.8, 4) is 22.3 Å². The first-order valence-electron chi connectivity index (χ1n) is 14.3. The average Bonchev–Trinajstić information content (AvgIpc) is 3.00. The van der Waals surface area contributed by atoms with Gasteiger partial charge in [0.1, 0.15) is 0 Å². The van der Waals surface area contributed by atoms with E-state index in [4.69, 9.17) is 32.9 Å². The van der Waals surface area contributed by atoms with Crippen molar-refractivity contribution >= 4 is 40.7 Å². The minimum atomic E-state index is -0.581. The maximum Gasteiger partial charge on any atom is 0.411 e. The molecule has 44 heavy (non-hydrogen) atoms. The highest BCUT2D eigenvalue weighted by atomic mass is 35.5. The fourth-order valence-electron chi connectivity index (χ4n) is 5.43. The van der Waals surface area contributed by atoms with E-state index in [0.29, 0.717) is 28.5 Å². The Morgan fingerprint density at radius 3 is 2.66 bits per heavy atom. The van der Waals surface area contributed by atoms with E-state index in [1.165, 1.54) is 12.1 Å². The van der Waals surface area contributed by atoms with E-state index in [2.05, 4.69) is 22.8 Å². The van der Waals surface area contributed by atoms with Crippen LogP contribution >= 0.6 is 11.6 Å². The van der Waals surface area contributed by atoms with Crippen molar-refractivity contribution in [3.05, 3.63) is 107 Å². The number of amides is 2. The molecule has 2 heterocycles. The molecule has 0 aliphatic carbocycles. The summed E-state index contributed by atoms with van der Waals surface area (Å²) in [6.45, 7) is 1.77. The number of nitrogens with one attached hydrogen (secondary N) is 2. The Balaban J connectivity index is 1.51. The lowest BCUT2D eigenvalue weighted by atomic mass is 9.87. The quantitative estimate of drug-likeness (QED) is 0.137. The molecule has 5 rings (SSSR count). The minimum absolute atomic E-state index is 0.0165. The summed E-state index contributed by atoms with van der Waals surface area (Å²) >= 11 is 6.37. The van der Waals surface area contributed by atoms with E-state index < -0.39 is 6.09 Å². The second kappa shape index (κ2) is 13.6. The molecule has 1 atom stereocenters. The predicted molar refractivity (Wildman–Crippen MR) is 176 cm³/mol. The molecule has 226 valence electrons. The van der Waals surface area contributed by atoms with Gasteiger partial charge in [-0.15, -0.1) is 0 Å². The van der Waals surface area contributed by atoms with Crippen LogP contribution in [0.15, 0.2) is 90.9 Å². The standard InChI is InChI=1S/C34H35ClN6O3/c1-21(36)20-41(37)32-15-11-25(35)17-29(32)24-10-14-30(38-19-24)27-8-3-4-9-33(42)40-31-18-26(39-34(43)44-2)12-13-28(31)23-7-5-6-22(27)16-23/h5-7,10-20,27H,3-4,8-9,36-37H2,1-2H3,(H,39,43)(H,40,42)/b21-20-. The van der Waals surface area contributed by atoms with Crippen LogP contribution in [0.25, 0.3) is 22.3 Å². The van der Waals surface area contributed by atoms with Crippen LogP contribution in [0.5, 0.6) is 0 Å². The molecule has 4 aromatic rings. The number of anilines is 3. The van der Waals surface area contributed by atoms with Crippen molar-refractivity contribution in [2.24, 2.45) is 11.6 Å². The number of aromatic nitrogens is 1. The third kappa shape index (κ3) is 7.19. The lowest BCUT2D eigenvalue weighted by Crippen LogP contribution is -2.26. The van der Waals surface area contributed by atoms with Gasteiger partial charge < -0.3 is 15.8 Å². The number of benzene rings is 3. The molecule has 0 saturated heterocycles. The largest absolute Gasteiger partial charge is 0.453 e. The Bertz CT molecular complexity index is 1700. The van der Waals surface area contributed by atoms with E-state index in [-0.39, 0.29) is 11.8 Å². The number of carbonyl (C=O) groups is 2. The van der Waals surface area contributed by atoms with Crippen molar-refractivity contribution in [2.75, 3.05) is 22.8 Å². The van der Waals surface area contributed by atoms with Crippen LogP contribution in [0.3, 0.4) is 0 Å². The zero-order valence-corrected chi connectivity index (χ0v) is 25.4. The molecule has 0 radical (unpaired) electrons. The number of allylic oxidation sites excluding steroid dienone is 1. The van der Waals surface area contributed by atoms with Crippen LogP contribution in [0.1, 0.15) is 49.8 Å². The van der Waals surface area contributed by atoms with E-state index in [9.17, 15) is 9.59 Å². The van der Waals surface area contributed by atoms with Crippen molar-refractivity contribution in [2.45, 2.75) is 38.5 Å². The number of nitrogens with zero attached hydrogens (tertiary/aromatic N) is 2. The van der Waals surface area contributed by atoms with Crippen molar-refractivity contribution in [3.63, 3.8) is 0 Å².